The van der Waals surface area contributed by atoms with E-state index in [1.807, 2.05) is 25.1 Å². The Kier molecular flexibility index (Phi) is 5.24. The molecular weight excluding hydrogens is 290 g/mol. The first-order valence-corrected chi connectivity index (χ1v) is 7.39. The summed E-state index contributed by atoms with van der Waals surface area (Å²) in [5.74, 6) is 0.125. The summed E-state index contributed by atoms with van der Waals surface area (Å²) < 4.78 is 1.71. The van der Waals surface area contributed by atoms with E-state index in [1.165, 1.54) is 6.42 Å². The summed E-state index contributed by atoms with van der Waals surface area (Å²) in [6.07, 6.45) is 3.06. The Hall–Kier alpha value is -1.11. The van der Waals surface area contributed by atoms with Crippen molar-refractivity contribution >= 4 is 18.3 Å². The van der Waals surface area contributed by atoms with Crippen LogP contribution in [0.1, 0.15) is 22.5 Å². The van der Waals surface area contributed by atoms with E-state index in [9.17, 15) is 4.79 Å². The number of carbonyl (C=O) groups excluding carboxylic acids is 1. The Bertz CT molecular complexity index is 490. The van der Waals surface area contributed by atoms with E-state index in [-0.39, 0.29) is 18.3 Å². The maximum atomic E-state index is 12.5. The van der Waals surface area contributed by atoms with Crippen LogP contribution in [0.5, 0.6) is 0 Å². The molecule has 0 radical (unpaired) electrons. The molecule has 2 aliphatic rings. The van der Waals surface area contributed by atoms with Gasteiger partial charge < -0.3 is 10.2 Å². The minimum Gasteiger partial charge on any atom is -0.336 e. The van der Waals surface area contributed by atoms with Crippen molar-refractivity contribution in [3.63, 3.8) is 0 Å². The van der Waals surface area contributed by atoms with Gasteiger partial charge in [0.25, 0.3) is 5.91 Å². The molecule has 1 unspecified atom stereocenters. The quantitative estimate of drug-likeness (QED) is 0.851. The number of halogens is 1. The second-order valence-corrected chi connectivity index (χ2v) is 5.78. The predicted molar refractivity (Wildman–Crippen MR) is 83.9 cm³/mol. The van der Waals surface area contributed by atoms with Gasteiger partial charge in [0, 0.05) is 52.0 Å². The van der Waals surface area contributed by atoms with Crippen LogP contribution >= 0.6 is 12.4 Å². The molecule has 0 bridgehead atoms. The molecule has 1 aromatic rings. The number of amides is 1. The van der Waals surface area contributed by atoms with Gasteiger partial charge in [0.05, 0.1) is 11.3 Å². The number of nitrogens with zero attached hydrogens (tertiary/aromatic N) is 4. The fourth-order valence-electron chi connectivity index (χ4n) is 3.22. The van der Waals surface area contributed by atoms with E-state index in [2.05, 4.69) is 15.3 Å². The average molecular weight is 314 g/mol. The van der Waals surface area contributed by atoms with Gasteiger partial charge in [-0.2, -0.15) is 5.10 Å². The van der Waals surface area contributed by atoms with Gasteiger partial charge in [-0.15, -0.1) is 12.4 Å². The summed E-state index contributed by atoms with van der Waals surface area (Å²) in [7, 11) is 1.86. The van der Waals surface area contributed by atoms with Crippen LogP contribution in [-0.2, 0) is 7.05 Å². The molecule has 3 rings (SSSR count). The van der Waals surface area contributed by atoms with Crippen molar-refractivity contribution in [1.29, 1.82) is 0 Å². The van der Waals surface area contributed by atoms with Crippen LogP contribution in [0.15, 0.2) is 6.20 Å². The van der Waals surface area contributed by atoms with Gasteiger partial charge in [-0.25, -0.2) is 0 Å². The van der Waals surface area contributed by atoms with Crippen molar-refractivity contribution in [2.24, 2.45) is 7.05 Å². The van der Waals surface area contributed by atoms with E-state index in [1.54, 1.807) is 4.68 Å². The van der Waals surface area contributed by atoms with Crippen LogP contribution in [0.25, 0.3) is 0 Å². The Balaban J connectivity index is 0.00000161. The zero-order chi connectivity index (χ0) is 14.1. The van der Waals surface area contributed by atoms with E-state index >= 15 is 0 Å². The van der Waals surface area contributed by atoms with Crippen molar-refractivity contribution in [3.05, 3.63) is 17.5 Å². The van der Waals surface area contributed by atoms with Crippen LogP contribution in [0.3, 0.4) is 0 Å². The number of rotatable bonds is 2. The highest BCUT2D eigenvalue weighted by Crippen LogP contribution is 2.15. The summed E-state index contributed by atoms with van der Waals surface area (Å²) in [5, 5.41) is 7.66. The van der Waals surface area contributed by atoms with E-state index < -0.39 is 0 Å². The largest absolute Gasteiger partial charge is 0.336 e. The first-order valence-electron chi connectivity index (χ1n) is 7.39. The molecule has 118 valence electrons. The fraction of sp³-hybridized carbons (Fsp3) is 0.714. The molecule has 1 N–H and O–H groups in total. The summed E-state index contributed by atoms with van der Waals surface area (Å²) in [6, 6.07) is 0.660. The zero-order valence-corrected chi connectivity index (χ0v) is 13.5. The number of carbonyl (C=O) groups is 1. The van der Waals surface area contributed by atoms with Crippen molar-refractivity contribution in [2.45, 2.75) is 19.4 Å². The number of nitrogens with one attached hydrogen (secondary N) is 1. The smallest absolute Gasteiger partial charge is 0.257 e. The Morgan fingerprint density at radius 1 is 1.33 bits per heavy atom. The molecule has 0 spiro atoms. The predicted octanol–water partition coefficient (Wildman–Crippen LogP) is 0.270. The lowest BCUT2D eigenvalue weighted by atomic mass is 10.1. The number of hydrogen-bond donors (Lipinski definition) is 1. The number of hydrogen-bond acceptors (Lipinski definition) is 4. The van der Waals surface area contributed by atoms with Crippen molar-refractivity contribution < 1.29 is 4.79 Å². The molecule has 21 heavy (non-hydrogen) atoms. The van der Waals surface area contributed by atoms with E-state index in [4.69, 9.17) is 0 Å². The molecule has 6 nitrogen and oxygen atoms in total. The van der Waals surface area contributed by atoms with Crippen molar-refractivity contribution in [3.8, 4) is 0 Å². The molecule has 2 aliphatic heterocycles. The summed E-state index contributed by atoms with van der Waals surface area (Å²) in [5.41, 5.74) is 1.56. The van der Waals surface area contributed by atoms with Gasteiger partial charge in [-0.05, 0) is 19.9 Å². The van der Waals surface area contributed by atoms with Gasteiger partial charge in [0.2, 0.25) is 0 Å². The third kappa shape index (κ3) is 3.39. The number of piperazine rings is 1. The maximum Gasteiger partial charge on any atom is 0.257 e. The van der Waals surface area contributed by atoms with Gasteiger partial charge in [0.1, 0.15) is 0 Å². The molecule has 1 amide bonds. The summed E-state index contributed by atoms with van der Waals surface area (Å²) in [6.45, 7) is 7.73. The third-order valence-corrected chi connectivity index (χ3v) is 4.40. The van der Waals surface area contributed by atoms with Crippen LogP contribution < -0.4 is 5.32 Å². The Morgan fingerprint density at radius 3 is 2.57 bits per heavy atom. The second-order valence-electron chi connectivity index (χ2n) is 5.78. The molecule has 1 aromatic heterocycles. The second kappa shape index (κ2) is 6.77. The third-order valence-electron chi connectivity index (χ3n) is 4.40. The topological polar surface area (TPSA) is 53.4 Å². The van der Waals surface area contributed by atoms with E-state index in [0.717, 1.165) is 50.5 Å². The lowest BCUT2D eigenvalue weighted by molar-refractivity contribution is 0.0583. The monoisotopic (exact) mass is 313 g/mol. The van der Waals surface area contributed by atoms with Crippen LogP contribution in [-0.4, -0.2) is 70.8 Å². The summed E-state index contributed by atoms with van der Waals surface area (Å²) >= 11 is 0. The van der Waals surface area contributed by atoms with Crippen LogP contribution in [0.2, 0.25) is 0 Å². The average Bonchev–Trinajstić information content (AvgIpc) is 3.08. The molecule has 7 heteroatoms. The summed E-state index contributed by atoms with van der Waals surface area (Å²) in [4.78, 5) is 17.0. The lowest BCUT2D eigenvalue weighted by Gasteiger charge is -2.37. The molecule has 2 fully saturated rings. The van der Waals surface area contributed by atoms with Crippen molar-refractivity contribution in [1.82, 2.24) is 24.9 Å². The lowest BCUT2D eigenvalue weighted by Crippen LogP contribution is -2.52. The van der Waals surface area contributed by atoms with Gasteiger partial charge in [-0.3, -0.25) is 14.4 Å². The number of aryl methyl sites for hydroxylation is 2. The Labute approximate surface area is 131 Å². The van der Waals surface area contributed by atoms with Crippen LogP contribution in [0, 0.1) is 6.92 Å². The van der Waals surface area contributed by atoms with Gasteiger partial charge in [-0.1, -0.05) is 0 Å². The molecule has 0 saturated carbocycles. The fourth-order valence-corrected chi connectivity index (χ4v) is 3.22. The minimum absolute atomic E-state index is 0. The molecule has 3 heterocycles. The highest BCUT2D eigenvalue weighted by molar-refractivity contribution is 5.95. The minimum atomic E-state index is 0. The maximum absolute atomic E-state index is 12.5. The molecule has 0 aliphatic carbocycles. The highest BCUT2D eigenvalue weighted by Gasteiger charge is 2.29. The first-order chi connectivity index (χ1) is 9.65. The van der Waals surface area contributed by atoms with Crippen molar-refractivity contribution in [2.75, 3.05) is 39.3 Å². The molecule has 1 atom stereocenters. The molecule has 2 saturated heterocycles. The van der Waals surface area contributed by atoms with Crippen LogP contribution in [0.4, 0.5) is 0 Å². The standard InChI is InChI=1S/C14H23N5O.ClH/c1-11-13(10-17(2)16-11)14(20)19-7-5-18(6-8-19)12-3-4-15-9-12;/h10,12,15H,3-9H2,1-2H3;1H. The number of aromatic nitrogens is 2. The molecular formula is C14H24ClN5O. The Morgan fingerprint density at radius 2 is 2.05 bits per heavy atom. The molecule has 0 aromatic carbocycles. The normalized spacial score (nSPS) is 23.1. The van der Waals surface area contributed by atoms with Gasteiger partial charge in [0.15, 0.2) is 0 Å². The highest BCUT2D eigenvalue weighted by atomic mass is 35.5. The SMILES string of the molecule is Cc1nn(C)cc1C(=O)N1CCN(C2CCNC2)CC1.Cl. The van der Waals surface area contributed by atoms with Gasteiger partial charge >= 0.3 is 0 Å². The first kappa shape index (κ1) is 16.3. The van der Waals surface area contributed by atoms with E-state index in [0.29, 0.717) is 6.04 Å². The zero-order valence-electron chi connectivity index (χ0n) is 12.7.